The Kier molecular flexibility index (Phi) is 7.11. The molecular formula is C19H19N2O4S-. The number of hydrogen-bond acceptors (Lipinski definition) is 5. The van der Waals surface area contributed by atoms with E-state index in [1.807, 2.05) is 0 Å². The lowest BCUT2D eigenvalue weighted by atomic mass is 10.2. The van der Waals surface area contributed by atoms with Gasteiger partial charge in [0.15, 0.2) is 5.11 Å². The highest BCUT2D eigenvalue weighted by Crippen LogP contribution is 2.14. The molecule has 0 aliphatic heterocycles. The monoisotopic (exact) mass is 371 g/mol. The van der Waals surface area contributed by atoms with E-state index in [4.69, 9.17) is 17.0 Å². The molecule has 0 heterocycles. The van der Waals surface area contributed by atoms with E-state index >= 15 is 0 Å². The van der Waals surface area contributed by atoms with Crippen molar-refractivity contribution in [3.8, 4) is 5.75 Å². The summed E-state index contributed by atoms with van der Waals surface area (Å²) in [6.07, 6.45) is 1.97. The van der Waals surface area contributed by atoms with Crippen molar-refractivity contribution < 1.29 is 19.4 Å². The smallest absolute Gasteiger partial charge is 0.257 e. The van der Waals surface area contributed by atoms with E-state index < -0.39 is 5.97 Å². The summed E-state index contributed by atoms with van der Waals surface area (Å²) in [6, 6.07) is 12.8. The van der Waals surface area contributed by atoms with Gasteiger partial charge in [0.2, 0.25) is 0 Å². The first-order chi connectivity index (χ1) is 12.5. The lowest BCUT2D eigenvalue weighted by molar-refractivity contribution is -0.255. The number of hydrogen-bond donors (Lipinski definition) is 2. The maximum absolute atomic E-state index is 12.3. The Morgan fingerprint density at radius 2 is 1.85 bits per heavy atom. The van der Waals surface area contributed by atoms with Gasteiger partial charge in [-0.1, -0.05) is 31.5 Å². The number of amides is 1. The van der Waals surface area contributed by atoms with Crippen LogP contribution in [0.15, 0.2) is 48.5 Å². The molecule has 1 amide bonds. The van der Waals surface area contributed by atoms with Gasteiger partial charge in [-0.15, -0.1) is 0 Å². The topological polar surface area (TPSA) is 90.5 Å². The van der Waals surface area contributed by atoms with Crippen LogP contribution in [0.4, 0.5) is 5.69 Å². The minimum Gasteiger partial charge on any atom is -0.545 e. The highest BCUT2D eigenvalue weighted by Gasteiger charge is 2.09. The summed E-state index contributed by atoms with van der Waals surface area (Å²) < 4.78 is 5.58. The van der Waals surface area contributed by atoms with Gasteiger partial charge in [-0.3, -0.25) is 10.1 Å². The Bertz CT molecular complexity index is 808. The van der Waals surface area contributed by atoms with E-state index in [1.165, 1.54) is 12.1 Å². The first-order valence-electron chi connectivity index (χ1n) is 8.16. The number of ether oxygens (including phenoxy) is 1. The molecule has 0 saturated heterocycles. The summed E-state index contributed by atoms with van der Waals surface area (Å²) in [5, 5.41) is 16.3. The number of anilines is 1. The molecular weight excluding hydrogens is 352 g/mol. The van der Waals surface area contributed by atoms with E-state index in [0.29, 0.717) is 23.6 Å². The van der Waals surface area contributed by atoms with Crippen LogP contribution >= 0.6 is 12.2 Å². The van der Waals surface area contributed by atoms with Crippen LogP contribution in [0.2, 0.25) is 0 Å². The second-order valence-corrected chi connectivity index (χ2v) is 5.91. The van der Waals surface area contributed by atoms with E-state index in [2.05, 4.69) is 17.6 Å². The Labute approximate surface area is 157 Å². The van der Waals surface area contributed by atoms with Gasteiger partial charge in [0, 0.05) is 11.3 Å². The van der Waals surface area contributed by atoms with E-state index in [0.717, 1.165) is 12.8 Å². The minimum absolute atomic E-state index is 0.0149. The molecule has 2 N–H and O–H groups in total. The largest absolute Gasteiger partial charge is 0.545 e. The van der Waals surface area contributed by atoms with Crippen LogP contribution in [0, 0.1) is 0 Å². The van der Waals surface area contributed by atoms with Crippen molar-refractivity contribution in [2.24, 2.45) is 0 Å². The fourth-order valence-electron chi connectivity index (χ4n) is 2.12. The van der Waals surface area contributed by atoms with Gasteiger partial charge in [-0.25, -0.2) is 0 Å². The lowest BCUT2D eigenvalue weighted by Crippen LogP contribution is -2.34. The number of carbonyl (C=O) groups is 2. The summed E-state index contributed by atoms with van der Waals surface area (Å²) in [4.78, 5) is 23.2. The summed E-state index contributed by atoms with van der Waals surface area (Å²) in [5.41, 5.74) is 0.862. The van der Waals surface area contributed by atoms with Gasteiger partial charge in [-0.05, 0) is 54.5 Å². The molecule has 26 heavy (non-hydrogen) atoms. The second-order valence-electron chi connectivity index (χ2n) is 5.51. The number of rotatable bonds is 7. The number of aromatic carboxylic acids is 1. The molecule has 0 bridgehead atoms. The predicted molar refractivity (Wildman–Crippen MR) is 101 cm³/mol. The summed E-state index contributed by atoms with van der Waals surface area (Å²) in [5.74, 6) is -1.06. The van der Waals surface area contributed by atoms with Crippen LogP contribution < -0.4 is 20.5 Å². The number of carboxylic acids is 1. The van der Waals surface area contributed by atoms with Crippen LogP contribution in [0.3, 0.4) is 0 Å². The third kappa shape index (κ3) is 5.86. The Morgan fingerprint density at radius 1 is 1.12 bits per heavy atom. The maximum Gasteiger partial charge on any atom is 0.257 e. The number of benzene rings is 2. The predicted octanol–water partition coefficient (Wildman–Crippen LogP) is 2.36. The molecule has 7 heteroatoms. The molecule has 0 spiro atoms. The Hall–Kier alpha value is -2.93. The molecule has 2 aromatic rings. The van der Waals surface area contributed by atoms with Crippen LogP contribution in [-0.2, 0) is 0 Å². The molecule has 6 nitrogen and oxygen atoms in total. The van der Waals surface area contributed by atoms with Crippen LogP contribution in [0.25, 0.3) is 0 Å². The maximum atomic E-state index is 12.3. The summed E-state index contributed by atoms with van der Waals surface area (Å²) in [7, 11) is 0. The minimum atomic E-state index is -1.29. The van der Waals surface area contributed by atoms with E-state index in [-0.39, 0.29) is 16.6 Å². The van der Waals surface area contributed by atoms with E-state index in [1.54, 1.807) is 36.4 Å². The first-order valence-corrected chi connectivity index (χ1v) is 8.57. The van der Waals surface area contributed by atoms with Crippen molar-refractivity contribution in [2.75, 3.05) is 11.9 Å². The first kappa shape index (κ1) is 19.4. The zero-order chi connectivity index (χ0) is 18.9. The summed E-state index contributed by atoms with van der Waals surface area (Å²) in [6.45, 7) is 2.67. The van der Waals surface area contributed by atoms with Crippen LogP contribution in [0.5, 0.6) is 5.75 Å². The molecule has 0 radical (unpaired) electrons. The second kappa shape index (κ2) is 9.53. The van der Waals surface area contributed by atoms with Crippen molar-refractivity contribution in [3.63, 3.8) is 0 Å². The standard InChI is InChI=1S/C19H20N2O4S/c1-2-3-10-25-16-9-5-6-13(12-16)17(22)21-19(26)20-15-8-4-7-14(11-15)18(23)24/h4-9,11-12H,2-3,10H2,1H3,(H,23,24)(H2,20,21,22,26)/p-1. The molecule has 0 fully saturated rings. The van der Waals surface area contributed by atoms with E-state index in [9.17, 15) is 14.7 Å². The molecule has 0 atom stereocenters. The number of unbranched alkanes of at least 4 members (excludes halogenated alkanes) is 1. The SMILES string of the molecule is CCCCOc1cccc(C(=O)NC(=S)Nc2cccc(C(=O)[O-])c2)c1. The van der Waals surface area contributed by atoms with Crippen molar-refractivity contribution in [2.45, 2.75) is 19.8 Å². The molecule has 2 aromatic carbocycles. The average molecular weight is 371 g/mol. The van der Waals surface area contributed by atoms with Crippen molar-refractivity contribution in [1.29, 1.82) is 0 Å². The lowest BCUT2D eigenvalue weighted by Gasteiger charge is -2.12. The van der Waals surface area contributed by atoms with Crippen LogP contribution in [-0.4, -0.2) is 23.6 Å². The number of carboxylic acid groups (broad SMARTS) is 1. The van der Waals surface area contributed by atoms with Gasteiger partial charge >= 0.3 is 0 Å². The van der Waals surface area contributed by atoms with Gasteiger partial charge in [0.1, 0.15) is 5.75 Å². The number of thiocarbonyl (C=S) groups is 1. The van der Waals surface area contributed by atoms with Crippen molar-refractivity contribution in [1.82, 2.24) is 5.32 Å². The van der Waals surface area contributed by atoms with Crippen molar-refractivity contribution >= 4 is 34.9 Å². The zero-order valence-corrected chi connectivity index (χ0v) is 15.1. The fraction of sp³-hybridized carbons (Fsp3) is 0.211. The number of nitrogens with one attached hydrogen (secondary N) is 2. The third-order valence-electron chi connectivity index (χ3n) is 3.45. The zero-order valence-electron chi connectivity index (χ0n) is 14.3. The highest BCUT2D eigenvalue weighted by molar-refractivity contribution is 7.80. The molecule has 0 saturated carbocycles. The molecule has 2 rings (SSSR count). The summed E-state index contributed by atoms with van der Waals surface area (Å²) >= 11 is 5.10. The van der Waals surface area contributed by atoms with Gasteiger partial charge in [0.25, 0.3) is 5.91 Å². The average Bonchev–Trinajstić information content (AvgIpc) is 2.62. The van der Waals surface area contributed by atoms with Crippen molar-refractivity contribution in [3.05, 3.63) is 59.7 Å². The Morgan fingerprint density at radius 3 is 2.58 bits per heavy atom. The third-order valence-corrected chi connectivity index (χ3v) is 3.65. The highest BCUT2D eigenvalue weighted by atomic mass is 32.1. The molecule has 0 aromatic heterocycles. The number of carbonyl (C=O) groups excluding carboxylic acids is 2. The molecule has 0 aliphatic rings. The van der Waals surface area contributed by atoms with Gasteiger partial charge < -0.3 is 20.0 Å². The molecule has 136 valence electrons. The Balaban J connectivity index is 1.96. The van der Waals surface area contributed by atoms with Gasteiger partial charge in [0.05, 0.1) is 12.6 Å². The normalized spacial score (nSPS) is 10.0. The molecule has 0 unspecified atom stereocenters. The molecule has 0 aliphatic carbocycles. The quantitative estimate of drug-likeness (QED) is 0.574. The van der Waals surface area contributed by atoms with Gasteiger partial charge in [-0.2, -0.15) is 0 Å². The fourth-order valence-corrected chi connectivity index (χ4v) is 2.33. The van der Waals surface area contributed by atoms with Crippen LogP contribution in [0.1, 0.15) is 40.5 Å².